The third-order valence-corrected chi connectivity index (χ3v) is 3.95. The number of carbonyl (C=O) groups is 2. The molecule has 0 spiro atoms. The maximum atomic E-state index is 12.7. The van der Waals surface area contributed by atoms with Gasteiger partial charge in [0.1, 0.15) is 5.69 Å². The van der Waals surface area contributed by atoms with Gasteiger partial charge < -0.3 is 9.64 Å². The average Bonchev–Trinajstić information content (AvgIpc) is 2.90. The molecule has 5 nitrogen and oxygen atoms in total. The molecule has 1 aliphatic heterocycles. The van der Waals surface area contributed by atoms with E-state index < -0.39 is 12.1 Å². The second-order valence-corrected chi connectivity index (χ2v) is 5.65. The largest absolute Gasteiger partial charge is 0.448 e. The summed E-state index contributed by atoms with van der Waals surface area (Å²) in [5.41, 5.74) is 2.23. The Labute approximate surface area is 134 Å². The van der Waals surface area contributed by atoms with Crippen LogP contribution in [0.5, 0.6) is 0 Å². The van der Waals surface area contributed by atoms with E-state index in [4.69, 9.17) is 4.74 Å². The molecule has 1 aromatic carbocycles. The van der Waals surface area contributed by atoms with Gasteiger partial charge in [-0.25, -0.2) is 9.78 Å². The molecule has 23 heavy (non-hydrogen) atoms. The molecule has 118 valence electrons. The van der Waals surface area contributed by atoms with Crippen LogP contribution in [0.15, 0.2) is 48.7 Å². The quantitative estimate of drug-likeness (QED) is 0.818. The second-order valence-electron chi connectivity index (χ2n) is 5.65. The monoisotopic (exact) mass is 310 g/mol. The van der Waals surface area contributed by atoms with Gasteiger partial charge in [0.2, 0.25) is 0 Å². The summed E-state index contributed by atoms with van der Waals surface area (Å²) < 4.78 is 5.28. The number of rotatable bonds is 3. The number of ether oxygens (including phenoxy) is 1. The normalized spacial score (nSPS) is 17.5. The first-order valence-electron chi connectivity index (χ1n) is 7.61. The lowest BCUT2D eigenvalue weighted by Gasteiger charge is -2.25. The molecule has 1 amide bonds. The molecule has 1 aliphatic rings. The molecular formula is C18H18N2O3. The van der Waals surface area contributed by atoms with Gasteiger partial charge in [0.25, 0.3) is 5.91 Å². The Morgan fingerprint density at radius 2 is 1.96 bits per heavy atom. The number of benzene rings is 1. The zero-order chi connectivity index (χ0) is 16.4. The minimum atomic E-state index is -0.863. The van der Waals surface area contributed by atoms with Crippen LogP contribution in [0.25, 0.3) is 0 Å². The number of fused-ring (bicyclic) bond motifs is 1. The third kappa shape index (κ3) is 2.95. The maximum Gasteiger partial charge on any atom is 0.357 e. The maximum absolute atomic E-state index is 12.7. The van der Waals surface area contributed by atoms with Crippen LogP contribution < -0.4 is 4.90 Å². The van der Waals surface area contributed by atoms with Gasteiger partial charge in [-0.3, -0.25) is 4.79 Å². The second kappa shape index (κ2) is 6.20. The fourth-order valence-electron chi connectivity index (χ4n) is 2.85. The van der Waals surface area contributed by atoms with Crippen molar-refractivity contribution in [2.75, 3.05) is 4.90 Å². The number of hydrogen-bond acceptors (Lipinski definition) is 4. The molecule has 2 aromatic rings. The van der Waals surface area contributed by atoms with Crippen LogP contribution in [0.3, 0.4) is 0 Å². The standard InChI is InChI=1S/C18H18N2O3/c1-12-11-14-7-3-4-9-16(14)20(12)17(21)13(2)23-18(22)15-8-5-6-10-19-15/h3-10,12-13H,11H2,1-2H3/t12-,13+/m1/s1. The Morgan fingerprint density at radius 3 is 2.70 bits per heavy atom. The Balaban J connectivity index is 1.74. The van der Waals surface area contributed by atoms with E-state index in [1.54, 1.807) is 30.0 Å². The molecule has 5 heteroatoms. The molecule has 0 fully saturated rings. The molecule has 0 saturated carbocycles. The lowest BCUT2D eigenvalue weighted by atomic mass is 10.1. The third-order valence-electron chi connectivity index (χ3n) is 3.95. The van der Waals surface area contributed by atoms with Crippen molar-refractivity contribution in [3.05, 3.63) is 59.9 Å². The van der Waals surface area contributed by atoms with Gasteiger partial charge in [-0.1, -0.05) is 24.3 Å². The summed E-state index contributed by atoms with van der Waals surface area (Å²) in [6.07, 6.45) is 1.46. The predicted octanol–water partition coefficient (Wildman–Crippen LogP) is 2.60. The Kier molecular flexibility index (Phi) is 4.10. The minimum Gasteiger partial charge on any atom is -0.448 e. The van der Waals surface area contributed by atoms with E-state index in [2.05, 4.69) is 4.98 Å². The Hall–Kier alpha value is -2.69. The highest BCUT2D eigenvalue weighted by atomic mass is 16.5. The van der Waals surface area contributed by atoms with Gasteiger partial charge in [-0.05, 0) is 44.0 Å². The summed E-state index contributed by atoms with van der Waals surface area (Å²) in [4.78, 5) is 30.4. The molecule has 3 rings (SSSR count). The van der Waals surface area contributed by atoms with Crippen molar-refractivity contribution in [2.45, 2.75) is 32.4 Å². The molecule has 0 bridgehead atoms. The van der Waals surface area contributed by atoms with Crippen molar-refractivity contribution in [1.82, 2.24) is 4.98 Å². The van der Waals surface area contributed by atoms with Gasteiger partial charge in [0, 0.05) is 17.9 Å². The minimum absolute atomic E-state index is 0.0518. The summed E-state index contributed by atoms with van der Waals surface area (Å²) in [7, 11) is 0. The Morgan fingerprint density at radius 1 is 1.22 bits per heavy atom. The molecule has 2 heterocycles. The van der Waals surface area contributed by atoms with Crippen molar-refractivity contribution in [3.8, 4) is 0 Å². The van der Waals surface area contributed by atoms with Gasteiger partial charge in [-0.2, -0.15) is 0 Å². The van der Waals surface area contributed by atoms with E-state index >= 15 is 0 Å². The van der Waals surface area contributed by atoms with Crippen LogP contribution in [0.4, 0.5) is 5.69 Å². The number of hydrogen-bond donors (Lipinski definition) is 0. The van der Waals surface area contributed by atoms with Crippen LogP contribution in [-0.4, -0.2) is 29.0 Å². The molecule has 1 aromatic heterocycles. The van der Waals surface area contributed by atoms with E-state index in [-0.39, 0.29) is 17.6 Å². The first-order valence-corrected chi connectivity index (χ1v) is 7.61. The van der Waals surface area contributed by atoms with E-state index in [0.29, 0.717) is 0 Å². The van der Waals surface area contributed by atoms with Crippen LogP contribution in [0.2, 0.25) is 0 Å². The van der Waals surface area contributed by atoms with Crippen LogP contribution >= 0.6 is 0 Å². The molecular weight excluding hydrogens is 292 g/mol. The van der Waals surface area contributed by atoms with Crippen molar-refractivity contribution in [3.63, 3.8) is 0 Å². The molecule has 2 atom stereocenters. The summed E-state index contributed by atoms with van der Waals surface area (Å²) in [5, 5.41) is 0. The van der Waals surface area contributed by atoms with Crippen LogP contribution in [0, 0.1) is 0 Å². The number of nitrogens with zero attached hydrogens (tertiary/aromatic N) is 2. The lowest BCUT2D eigenvalue weighted by Crippen LogP contribution is -2.43. The molecule has 0 unspecified atom stereocenters. The van der Waals surface area contributed by atoms with Gasteiger partial charge in [-0.15, -0.1) is 0 Å². The highest BCUT2D eigenvalue weighted by Gasteiger charge is 2.34. The van der Waals surface area contributed by atoms with Crippen molar-refractivity contribution in [2.24, 2.45) is 0 Å². The predicted molar refractivity (Wildman–Crippen MR) is 86.2 cm³/mol. The lowest BCUT2D eigenvalue weighted by molar-refractivity contribution is -0.126. The molecule has 0 N–H and O–H groups in total. The van der Waals surface area contributed by atoms with Crippen molar-refractivity contribution < 1.29 is 14.3 Å². The van der Waals surface area contributed by atoms with Crippen molar-refractivity contribution in [1.29, 1.82) is 0 Å². The number of aromatic nitrogens is 1. The molecule has 0 radical (unpaired) electrons. The highest BCUT2D eigenvalue weighted by Crippen LogP contribution is 2.32. The zero-order valence-electron chi connectivity index (χ0n) is 13.1. The van der Waals surface area contributed by atoms with Crippen molar-refractivity contribution >= 4 is 17.6 Å². The van der Waals surface area contributed by atoms with Crippen LogP contribution in [0.1, 0.15) is 29.9 Å². The average molecular weight is 310 g/mol. The summed E-state index contributed by atoms with van der Waals surface area (Å²) in [6, 6.07) is 12.8. The number of para-hydroxylation sites is 1. The van der Waals surface area contributed by atoms with E-state index in [1.807, 2.05) is 31.2 Å². The number of amides is 1. The molecule has 0 aliphatic carbocycles. The van der Waals surface area contributed by atoms with Gasteiger partial charge in [0.15, 0.2) is 6.10 Å². The topological polar surface area (TPSA) is 59.5 Å². The fraction of sp³-hybridized carbons (Fsp3) is 0.278. The fourth-order valence-corrected chi connectivity index (χ4v) is 2.85. The summed E-state index contributed by atoms with van der Waals surface area (Å²) in [5.74, 6) is -0.807. The van der Waals surface area contributed by atoms with Gasteiger partial charge in [0.05, 0.1) is 0 Å². The van der Waals surface area contributed by atoms with Crippen LogP contribution in [-0.2, 0) is 16.0 Å². The van der Waals surface area contributed by atoms with E-state index in [0.717, 1.165) is 17.7 Å². The summed E-state index contributed by atoms with van der Waals surface area (Å²) in [6.45, 7) is 3.59. The Bertz CT molecular complexity index is 730. The smallest absolute Gasteiger partial charge is 0.357 e. The zero-order valence-corrected chi connectivity index (χ0v) is 13.1. The van der Waals surface area contributed by atoms with E-state index in [1.165, 1.54) is 6.20 Å². The molecule has 0 saturated heterocycles. The van der Waals surface area contributed by atoms with Gasteiger partial charge >= 0.3 is 5.97 Å². The van der Waals surface area contributed by atoms with E-state index in [9.17, 15) is 9.59 Å². The highest BCUT2D eigenvalue weighted by molar-refractivity contribution is 6.00. The SMILES string of the molecule is C[C@H](OC(=O)c1ccccn1)C(=O)N1c2ccccc2C[C@H]1C. The first kappa shape index (κ1) is 15.2. The summed E-state index contributed by atoms with van der Waals surface area (Å²) >= 11 is 0. The number of esters is 1. The number of carbonyl (C=O) groups excluding carboxylic acids is 2. The number of anilines is 1. The first-order chi connectivity index (χ1) is 11.1. The number of pyridine rings is 1.